The van der Waals surface area contributed by atoms with Crippen LogP contribution in [0.3, 0.4) is 0 Å². The second-order valence-corrected chi connectivity index (χ2v) is 6.08. The predicted molar refractivity (Wildman–Crippen MR) is 67.1 cm³/mol. The van der Waals surface area contributed by atoms with E-state index in [1.165, 1.54) is 12.3 Å². The first kappa shape index (κ1) is 14.1. The van der Waals surface area contributed by atoms with Crippen LogP contribution in [0, 0.1) is 11.2 Å². The third kappa shape index (κ3) is 4.82. The molecule has 0 amide bonds. The molecule has 2 nitrogen and oxygen atoms in total. The van der Waals surface area contributed by atoms with Crippen LogP contribution in [0.15, 0.2) is 18.5 Å². The normalized spacial score (nSPS) is 15.6. The number of halogens is 1. The van der Waals surface area contributed by atoms with E-state index in [-0.39, 0.29) is 5.41 Å². The number of aliphatic hydroxyl groups is 1. The second-order valence-electron chi connectivity index (χ2n) is 6.08. The number of hydrogen-bond acceptors (Lipinski definition) is 2. The molecule has 0 fully saturated rings. The SMILES string of the molecule is CC(C)(C)CCCC(C)(O)c1cncc(F)c1. The summed E-state index contributed by atoms with van der Waals surface area (Å²) in [5.41, 5.74) is -0.192. The summed E-state index contributed by atoms with van der Waals surface area (Å²) >= 11 is 0. The van der Waals surface area contributed by atoms with Gasteiger partial charge in [0.05, 0.1) is 11.8 Å². The predicted octanol–water partition coefficient (Wildman–Crippen LogP) is 3.64. The second kappa shape index (κ2) is 5.13. The van der Waals surface area contributed by atoms with Crippen LogP contribution >= 0.6 is 0 Å². The Morgan fingerprint density at radius 2 is 1.82 bits per heavy atom. The molecule has 1 aromatic rings. The molecule has 3 heteroatoms. The maximum atomic E-state index is 13.0. The van der Waals surface area contributed by atoms with Crippen LogP contribution in [0.5, 0.6) is 0 Å². The van der Waals surface area contributed by atoms with Crippen molar-refractivity contribution in [2.24, 2.45) is 5.41 Å². The van der Waals surface area contributed by atoms with Crippen LogP contribution in [-0.4, -0.2) is 10.1 Å². The minimum absolute atomic E-state index is 0.260. The van der Waals surface area contributed by atoms with E-state index in [1.54, 1.807) is 6.92 Å². The van der Waals surface area contributed by atoms with Crippen LogP contribution < -0.4 is 0 Å². The highest BCUT2D eigenvalue weighted by atomic mass is 19.1. The van der Waals surface area contributed by atoms with Gasteiger partial charge in [0, 0.05) is 11.8 Å². The van der Waals surface area contributed by atoms with Gasteiger partial charge in [-0.25, -0.2) is 4.39 Å². The lowest BCUT2D eigenvalue weighted by atomic mass is 9.85. The van der Waals surface area contributed by atoms with Gasteiger partial charge in [-0.2, -0.15) is 0 Å². The molecule has 0 saturated heterocycles. The summed E-state index contributed by atoms with van der Waals surface area (Å²) < 4.78 is 13.0. The number of aromatic nitrogens is 1. The molecule has 0 aliphatic rings. The first-order valence-electron chi connectivity index (χ1n) is 6.04. The van der Waals surface area contributed by atoms with Crippen LogP contribution in [0.2, 0.25) is 0 Å². The molecular weight excluding hydrogens is 217 g/mol. The highest BCUT2D eigenvalue weighted by Crippen LogP contribution is 2.30. The maximum absolute atomic E-state index is 13.0. The molecule has 1 rings (SSSR count). The minimum Gasteiger partial charge on any atom is -0.385 e. The molecule has 0 bridgehead atoms. The van der Waals surface area contributed by atoms with Crippen LogP contribution in [0.1, 0.15) is 52.5 Å². The van der Waals surface area contributed by atoms with Crippen molar-refractivity contribution < 1.29 is 9.50 Å². The zero-order valence-electron chi connectivity index (χ0n) is 11.1. The molecule has 0 aromatic carbocycles. The minimum atomic E-state index is -1.000. The number of hydrogen-bond donors (Lipinski definition) is 1. The summed E-state index contributed by atoms with van der Waals surface area (Å²) in [7, 11) is 0. The van der Waals surface area contributed by atoms with E-state index in [4.69, 9.17) is 0 Å². The summed E-state index contributed by atoms with van der Waals surface area (Å²) in [5, 5.41) is 10.3. The lowest BCUT2D eigenvalue weighted by Gasteiger charge is -2.25. The van der Waals surface area contributed by atoms with Gasteiger partial charge < -0.3 is 5.11 Å². The van der Waals surface area contributed by atoms with Gasteiger partial charge in [0.1, 0.15) is 5.82 Å². The van der Waals surface area contributed by atoms with E-state index in [0.29, 0.717) is 12.0 Å². The quantitative estimate of drug-likeness (QED) is 0.870. The Bertz CT molecular complexity index is 369. The maximum Gasteiger partial charge on any atom is 0.141 e. The molecule has 0 spiro atoms. The zero-order valence-corrected chi connectivity index (χ0v) is 11.1. The van der Waals surface area contributed by atoms with Gasteiger partial charge in [-0.15, -0.1) is 0 Å². The van der Waals surface area contributed by atoms with E-state index >= 15 is 0 Å². The monoisotopic (exact) mass is 239 g/mol. The first-order valence-corrected chi connectivity index (χ1v) is 6.04. The molecule has 1 N–H and O–H groups in total. The highest BCUT2D eigenvalue weighted by Gasteiger charge is 2.24. The van der Waals surface area contributed by atoms with Gasteiger partial charge in [0.2, 0.25) is 0 Å². The van der Waals surface area contributed by atoms with Crippen LogP contribution in [-0.2, 0) is 5.60 Å². The summed E-state index contributed by atoms with van der Waals surface area (Å²) in [6, 6.07) is 1.35. The molecule has 1 aromatic heterocycles. The third-order valence-corrected chi connectivity index (χ3v) is 2.92. The van der Waals surface area contributed by atoms with Crippen molar-refractivity contribution in [1.82, 2.24) is 4.98 Å². The Hall–Kier alpha value is -0.960. The largest absolute Gasteiger partial charge is 0.385 e. The Kier molecular flexibility index (Phi) is 4.26. The van der Waals surface area contributed by atoms with E-state index < -0.39 is 11.4 Å². The van der Waals surface area contributed by atoms with E-state index in [0.717, 1.165) is 19.0 Å². The Balaban J connectivity index is 2.62. The molecule has 0 aliphatic carbocycles. The molecule has 0 aliphatic heterocycles. The summed E-state index contributed by atoms with van der Waals surface area (Å²) in [6.45, 7) is 8.23. The molecule has 1 heterocycles. The Morgan fingerprint density at radius 1 is 1.18 bits per heavy atom. The molecular formula is C14H22FNO. The number of rotatable bonds is 4. The summed E-state index contributed by atoms with van der Waals surface area (Å²) in [4.78, 5) is 3.77. The number of nitrogens with zero attached hydrogens (tertiary/aromatic N) is 1. The van der Waals surface area contributed by atoms with Gasteiger partial charge >= 0.3 is 0 Å². The topological polar surface area (TPSA) is 33.1 Å². The van der Waals surface area contributed by atoms with Crippen LogP contribution in [0.25, 0.3) is 0 Å². The van der Waals surface area contributed by atoms with Crippen molar-refractivity contribution in [3.63, 3.8) is 0 Å². The fraction of sp³-hybridized carbons (Fsp3) is 0.643. The van der Waals surface area contributed by atoms with E-state index in [9.17, 15) is 9.50 Å². The van der Waals surface area contributed by atoms with Crippen molar-refractivity contribution >= 4 is 0 Å². The van der Waals surface area contributed by atoms with E-state index in [1.807, 2.05) is 0 Å². The lowest BCUT2D eigenvalue weighted by Crippen LogP contribution is -2.22. The van der Waals surface area contributed by atoms with Crippen LogP contribution in [0.4, 0.5) is 4.39 Å². The van der Waals surface area contributed by atoms with Crippen molar-refractivity contribution in [3.05, 3.63) is 29.8 Å². The highest BCUT2D eigenvalue weighted by molar-refractivity contribution is 5.17. The Morgan fingerprint density at radius 3 is 2.35 bits per heavy atom. The standard InChI is InChI=1S/C14H22FNO/c1-13(2,3)6-5-7-14(4,17)11-8-12(15)10-16-9-11/h8-10,17H,5-7H2,1-4H3. The van der Waals surface area contributed by atoms with E-state index in [2.05, 4.69) is 25.8 Å². The average molecular weight is 239 g/mol. The van der Waals surface area contributed by atoms with Crippen molar-refractivity contribution in [2.45, 2.75) is 52.6 Å². The molecule has 0 saturated carbocycles. The number of pyridine rings is 1. The van der Waals surface area contributed by atoms with Crippen molar-refractivity contribution in [3.8, 4) is 0 Å². The summed E-state index contributed by atoms with van der Waals surface area (Å²) in [5.74, 6) is -0.404. The van der Waals surface area contributed by atoms with Crippen molar-refractivity contribution in [2.75, 3.05) is 0 Å². The van der Waals surface area contributed by atoms with Gasteiger partial charge in [0.25, 0.3) is 0 Å². The molecule has 1 atom stereocenters. The smallest absolute Gasteiger partial charge is 0.141 e. The zero-order chi connectivity index (χ0) is 13.1. The van der Waals surface area contributed by atoms with Gasteiger partial charge in [-0.05, 0) is 37.7 Å². The molecule has 17 heavy (non-hydrogen) atoms. The average Bonchev–Trinajstić information content (AvgIpc) is 2.15. The van der Waals surface area contributed by atoms with Gasteiger partial charge in [-0.1, -0.05) is 20.8 Å². The molecule has 96 valence electrons. The summed E-state index contributed by atoms with van der Waals surface area (Å²) in [6.07, 6.45) is 5.24. The van der Waals surface area contributed by atoms with Crippen molar-refractivity contribution in [1.29, 1.82) is 0 Å². The molecule has 1 unspecified atom stereocenters. The molecule has 0 radical (unpaired) electrons. The third-order valence-electron chi connectivity index (χ3n) is 2.92. The first-order chi connectivity index (χ1) is 7.71. The fourth-order valence-electron chi connectivity index (χ4n) is 1.81. The van der Waals surface area contributed by atoms with Gasteiger partial charge in [0.15, 0.2) is 0 Å². The Labute approximate surface area is 103 Å². The van der Waals surface area contributed by atoms with Gasteiger partial charge in [-0.3, -0.25) is 4.98 Å². The lowest BCUT2D eigenvalue weighted by molar-refractivity contribution is 0.0418. The fourth-order valence-corrected chi connectivity index (χ4v) is 1.81.